The van der Waals surface area contributed by atoms with Gasteiger partial charge in [-0.15, -0.1) is 16.8 Å². The van der Waals surface area contributed by atoms with E-state index in [1.165, 1.54) is 34.4 Å². The Bertz CT molecular complexity index is 1280. The molecule has 3 aromatic heterocycles. The van der Waals surface area contributed by atoms with E-state index in [0.717, 1.165) is 5.56 Å². The van der Waals surface area contributed by atoms with Gasteiger partial charge in [0.05, 0.1) is 5.69 Å². The third-order valence-electron chi connectivity index (χ3n) is 4.51. The average Bonchev–Trinajstić information content (AvgIpc) is 3.13. The van der Waals surface area contributed by atoms with Gasteiger partial charge in [0.15, 0.2) is 11.0 Å². The van der Waals surface area contributed by atoms with E-state index in [2.05, 4.69) is 21.8 Å². The van der Waals surface area contributed by atoms with Gasteiger partial charge < -0.3 is 4.74 Å². The van der Waals surface area contributed by atoms with Crippen molar-refractivity contribution in [1.29, 1.82) is 0 Å². The first kappa shape index (κ1) is 20.8. The lowest BCUT2D eigenvalue weighted by Crippen LogP contribution is -2.15. The molecule has 3 heterocycles. The van der Waals surface area contributed by atoms with E-state index in [1.807, 2.05) is 23.6 Å². The zero-order chi connectivity index (χ0) is 21.8. The van der Waals surface area contributed by atoms with E-state index in [0.29, 0.717) is 40.4 Å². The van der Waals surface area contributed by atoms with Gasteiger partial charge in [-0.2, -0.15) is 0 Å². The van der Waals surface area contributed by atoms with Crippen LogP contribution in [0.1, 0.15) is 17.1 Å². The zero-order valence-electron chi connectivity index (χ0n) is 16.9. The minimum atomic E-state index is -0.321. The molecule has 0 spiro atoms. The Hall–Kier alpha value is -3.46. The van der Waals surface area contributed by atoms with Crippen LogP contribution in [0.5, 0.6) is 5.75 Å². The number of aryl methyl sites for hydroxylation is 1. The summed E-state index contributed by atoms with van der Waals surface area (Å²) in [6, 6.07) is 11.1. The van der Waals surface area contributed by atoms with Crippen molar-refractivity contribution in [2.24, 2.45) is 0 Å². The van der Waals surface area contributed by atoms with Crippen molar-refractivity contribution in [1.82, 2.24) is 24.1 Å². The van der Waals surface area contributed by atoms with Crippen LogP contribution in [0, 0.1) is 12.7 Å². The molecule has 4 rings (SSSR count). The number of nitrogens with zero attached hydrogens (tertiary/aromatic N) is 5. The van der Waals surface area contributed by atoms with E-state index in [1.54, 1.807) is 24.4 Å². The highest BCUT2D eigenvalue weighted by Crippen LogP contribution is 2.22. The number of ether oxygens (including phenoxy) is 1. The molecule has 0 aliphatic carbocycles. The molecule has 0 fully saturated rings. The minimum absolute atomic E-state index is 0.124. The van der Waals surface area contributed by atoms with E-state index in [-0.39, 0.29) is 18.0 Å². The third-order valence-corrected chi connectivity index (χ3v) is 5.51. The SMILES string of the molecule is C=CCn1c(COc2ccc(F)cc2)nnc1SCc1cc(=O)n2ccc(C)cc2n1. The highest BCUT2D eigenvalue weighted by molar-refractivity contribution is 7.98. The van der Waals surface area contributed by atoms with Crippen molar-refractivity contribution in [3.05, 3.63) is 94.6 Å². The summed E-state index contributed by atoms with van der Waals surface area (Å²) in [5.41, 5.74) is 2.19. The molecule has 7 nitrogen and oxygen atoms in total. The van der Waals surface area contributed by atoms with Crippen LogP contribution >= 0.6 is 11.8 Å². The van der Waals surface area contributed by atoms with Crippen LogP contribution in [0.2, 0.25) is 0 Å². The molecule has 0 radical (unpaired) electrons. The molecule has 0 N–H and O–H groups in total. The summed E-state index contributed by atoms with van der Waals surface area (Å²) in [6.45, 7) is 6.44. The molecule has 1 aromatic carbocycles. The molecular formula is C22H20FN5O2S. The highest BCUT2D eigenvalue weighted by atomic mass is 32.2. The van der Waals surface area contributed by atoms with Crippen molar-refractivity contribution < 1.29 is 9.13 Å². The Morgan fingerprint density at radius 3 is 2.77 bits per heavy atom. The lowest BCUT2D eigenvalue weighted by atomic mass is 10.3. The van der Waals surface area contributed by atoms with Gasteiger partial charge >= 0.3 is 0 Å². The molecule has 0 saturated heterocycles. The summed E-state index contributed by atoms with van der Waals surface area (Å²) < 4.78 is 22.2. The first-order valence-corrected chi connectivity index (χ1v) is 10.5. The van der Waals surface area contributed by atoms with Crippen LogP contribution in [-0.4, -0.2) is 24.1 Å². The van der Waals surface area contributed by atoms with Crippen LogP contribution in [0.15, 0.2) is 71.3 Å². The largest absolute Gasteiger partial charge is 0.486 e. The number of hydrogen-bond acceptors (Lipinski definition) is 6. The fourth-order valence-electron chi connectivity index (χ4n) is 2.99. The normalized spacial score (nSPS) is 11.0. The van der Waals surface area contributed by atoms with Gasteiger partial charge in [0.1, 0.15) is 23.8 Å². The Morgan fingerprint density at radius 2 is 2.00 bits per heavy atom. The van der Waals surface area contributed by atoms with Crippen molar-refractivity contribution in [2.75, 3.05) is 0 Å². The molecule has 4 aromatic rings. The number of hydrogen-bond donors (Lipinski definition) is 0. The maximum atomic E-state index is 13.1. The van der Waals surface area contributed by atoms with Crippen LogP contribution < -0.4 is 10.3 Å². The number of allylic oxidation sites excluding steroid dienone is 1. The number of thioether (sulfide) groups is 1. The summed E-state index contributed by atoms with van der Waals surface area (Å²) in [5.74, 6) is 1.31. The average molecular weight is 438 g/mol. The Kier molecular flexibility index (Phi) is 6.13. The van der Waals surface area contributed by atoms with Gasteiger partial charge in [-0.05, 0) is 48.9 Å². The minimum Gasteiger partial charge on any atom is -0.486 e. The third kappa shape index (κ3) is 4.83. The Labute approximate surface area is 182 Å². The van der Waals surface area contributed by atoms with Gasteiger partial charge in [0, 0.05) is 24.6 Å². The van der Waals surface area contributed by atoms with Crippen molar-refractivity contribution >= 4 is 17.4 Å². The molecule has 0 aliphatic heterocycles. The summed E-state index contributed by atoms with van der Waals surface area (Å²) >= 11 is 1.43. The quantitative estimate of drug-likeness (QED) is 0.308. The second kappa shape index (κ2) is 9.13. The molecule has 158 valence electrons. The number of fused-ring (bicyclic) bond motifs is 1. The maximum Gasteiger partial charge on any atom is 0.258 e. The van der Waals surface area contributed by atoms with Crippen molar-refractivity contribution in [3.8, 4) is 5.75 Å². The second-order valence-corrected chi connectivity index (χ2v) is 7.79. The molecule has 31 heavy (non-hydrogen) atoms. The molecule has 0 bridgehead atoms. The monoisotopic (exact) mass is 437 g/mol. The zero-order valence-corrected chi connectivity index (χ0v) is 17.7. The fourth-order valence-corrected chi connectivity index (χ4v) is 3.85. The van der Waals surface area contributed by atoms with Crippen LogP contribution in [0.4, 0.5) is 4.39 Å². The summed E-state index contributed by atoms with van der Waals surface area (Å²) in [5, 5.41) is 9.14. The van der Waals surface area contributed by atoms with E-state index in [9.17, 15) is 9.18 Å². The highest BCUT2D eigenvalue weighted by Gasteiger charge is 2.13. The first-order valence-electron chi connectivity index (χ1n) is 9.56. The molecule has 0 atom stereocenters. The van der Waals surface area contributed by atoms with E-state index in [4.69, 9.17) is 4.74 Å². The van der Waals surface area contributed by atoms with Gasteiger partial charge in [-0.3, -0.25) is 13.8 Å². The molecule has 0 unspecified atom stereocenters. The lowest BCUT2D eigenvalue weighted by molar-refractivity contribution is 0.288. The molecule has 0 aliphatic rings. The van der Waals surface area contributed by atoms with Crippen molar-refractivity contribution in [2.45, 2.75) is 31.0 Å². The Balaban J connectivity index is 1.50. The fraction of sp³-hybridized carbons (Fsp3) is 0.182. The number of halogens is 1. The number of aromatic nitrogens is 5. The van der Waals surface area contributed by atoms with E-state index < -0.39 is 0 Å². The maximum absolute atomic E-state index is 13.1. The standard InChI is InChI=1S/C22H20FN5O2S/c1-3-9-28-20(13-30-18-6-4-16(23)5-7-18)25-26-22(28)31-14-17-12-21(29)27-10-8-15(2)11-19(27)24-17/h3-8,10-12H,1,9,13-14H2,2H3. The van der Waals surface area contributed by atoms with Gasteiger partial charge in [0.2, 0.25) is 0 Å². The summed E-state index contributed by atoms with van der Waals surface area (Å²) in [6.07, 6.45) is 3.48. The first-order chi connectivity index (χ1) is 15.0. The second-order valence-electron chi connectivity index (χ2n) is 6.85. The number of rotatable bonds is 8. The molecule has 0 amide bonds. The molecule has 0 saturated carbocycles. The summed E-state index contributed by atoms with van der Waals surface area (Å²) in [4.78, 5) is 17.0. The van der Waals surface area contributed by atoms with Gasteiger partial charge in [-0.1, -0.05) is 17.8 Å². The predicted octanol–water partition coefficient (Wildman–Crippen LogP) is 3.79. The predicted molar refractivity (Wildman–Crippen MR) is 117 cm³/mol. The lowest BCUT2D eigenvalue weighted by Gasteiger charge is -2.09. The van der Waals surface area contributed by atoms with Crippen LogP contribution in [-0.2, 0) is 18.9 Å². The summed E-state index contributed by atoms with van der Waals surface area (Å²) in [7, 11) is 0. The van der Waals surface area contributed by atoms with Crippen LogP contribution in [0.3, 0.4) is 0 Å². The van der Waals surface area contributed by atoms with Gasteiger partial charge in [0.25, 0.3) is 5.56 Å². The number of benzene rings is 1. The topological polar surface area (TPSA) is 74.3 Å². The Morgan fingerprint density at radius 1 is 1.19 bits per heavy atom. The molecular weight excluding hydrogens is 417 g/mol. The smallest absolute Gasteiger partial charge is 0.258 e. The van der Waals surface area contributed by atoms with Crippen LogP contribution in [0.25, 0.3) is 5.65 Å². The van der Waals surface area contributed by atoms with Gasteiger partial charge in [-0.25, -0.2) is 9.37 Å². The number of pyridine rings is 1. The molecule has 9 heteroatoms. The van der Waals surface area contributed by atoms with E-state index >= 15 is 0 Å². The van der Waals surface area contributed by atoms with Crippen molar-refractivity contribution in [3.63, 3.8) is 0 Å².